The fourth-order valence-electron chi connectivity index (χ4n) is 0.964. The smallest absolute Gasteiger partial charge is 0.303 e. The first kappa shape index (κ1) is 29.7. The second-order valence-corrected chi connectivity index (χ2v) is 4.17. The van der Waals surface area contributed by atoms with Crippen LogP contribution in [0.3, 0.4) is 0 Å². The largest absolute Gasteiger partial charge is 0.481 e. The van der Waals surface area contributed by atoms with Gasteiger partial charge in [-0.1, -0.05) is 12.8 Å². The van der Waals surface area contributed by atoms with Gasteiger partial charge in [0.25, 0.3) is 0 Å². The third kappa shape index (κ3) is 44.9. The van der Waals surface area contributed by atoms with Crippen LogP contribution in [-0.4, -0.2) is 80.2 Å². The van der Waals surface area contributed by atoms with Crippen LogP contribution in [0.1, 0.15) is 38.5 Å². The highest BCUT2D eigenvalue weighted by atomic mass is 16.4. The maximum absolute atomic E-state index is 10.0. The van der Waals surface area contributed by atoms with Gasteiger partial charge in [-0.15, -0.1) is 0 Å². The van der Waals surface area contributed by atoms with E-state index in [1.807, 2.05) is 0 Å². The number of aliphatic hydroxyl groups excluding tert-OH is 5. The molecule has 23 heavy (non-hydrogen) atoms. The van der Waals surface area contributed by atoms with Gasteiger partial charge in [0, 0.05) is 12.8 Å². The molecule has 0 rings (SSSR count). The van der Waals surface area contributed by atoms with Gasteiger partial charge in [0.1, 0.15) is 6.10 Å². The average molecular weight is 345 g/mol. The Kier molecular flexibility index (Phi) is 33.1. The molecule has 0 fully saturated rings. The van der Waals surface area contributed by atoms with Crippen molar-refractivity contribution in [2.45, 2.75) is 44.6 Å². The van der Waals surface area contributed by atoms with E-state index in [9.17, 15) is 9.59 Å². The highest BCUT2D eigenvalue weighted by Gasteiger charge is 1.98. The van der Waals surface area contributed by atoms with Gasteiger partial charge in [-0.2, -0.15) is 0 Å². The summed E-state index contributed by atoms with van der Waals surface area (Å²) in [6, 6.07) is 0. The number of aliphatic hydroxyl groups is 5. The van der Waals surface area contributed by atoms with Gasteiger partial charge in [0.05, 0.1) is 26.4 Å². The summed E-state index contributed by atoms with van der Waals surface area (Å²) in [5, 5.41) is 55.8. The Morgan fingerprint density at radius 2 is 1.00 bits per heavy atom. The first-order valence-corrected chi connectivity index (χ1v) is 6.90. The molecule has 142 valence electrons. The summed E-state index contributed by atoms with van der Waals surface area (Å²) in [6.07, 6.45) is 2.33. The van der Waals surface area contributed by atoms with Crippen LogP contribution in [0.4, 0.5) is 0 Å². The van der Waals surface area contributed by atoms with Gasteiger partial charge in [-0.05, 0) is 12.8 Å². The number of carboxylic acids is 2. The number of rotatable bonds is 10. The summed E-state index contributed by atoms with van der Waals surface area (Å²) < 4.78 is 0. The van der Waals surface area contributed by atoms with Crippen LogP contribution in [0.5, 0.6) is 0 Å². The van der Waals surface area contributed by atoms with Crippen LogP contribution in [0, 0.1) is 0 Å². The molecule has 0 saturated carbocycles. The van der Waals surface area contributed by atoms with Gasteiger partial charge >= 0.3 is 11.9 Å². The average Bonchev–Trinajstić information content (AvgIpc) is 2.50. The van der Waals surface area contributed by atoms with Crippen LogP contribution in [0.15, 0.2) is 0 Å². The Balaban J connectivity index is -0.000000138. The Hall–Kier alpha value is -1.30. The van der Waals surface area contributed by atoms with E-state index in [0.29, 0.717) is 12.8 Å². The molecule has 10 nitrogen and oxygen atoms in total. The Morgan fingerprint density at radius 3 is 1.13 bits per heavy atom. The van der Waals surface area contributed by atoms with Gasteiger partial charge in [0.2, 0.25) is 0 Å². The van der Waals surface area contributed by atoms with Crippen LogP contribution in [0.25, 0.3) is 0 Å². The van der Waals surface area contributed by atoms with Crippen LogP contribution >= 0.6 is 0 Å². The monoisotopic (exact) mass is 345 g/mol. The summed E-state index contributed by atoms with van der Waals surface area (Å²) in [4.78, 5) is 20.1. The minimum Gasteiger partial charge on any atom is -0.481 e. The van der Waals surface area contributed by atoms with Crippen molar-refractivity contribution in [3.05, 3.63) is 0 Å². The molecule has 0 unspecified atom stereocenters. The van der Waals surface area contributed by atoms with E-state index < -0.39 is 18.0 Å². The maximum Gasteiger partial charge on any atom is 0.303 e. The highest BCUT2D eigenvalue weighted by molar-refractivity contribution is 5.66. The Labute approximate surface area is 135 Å². The van der Waals surface area contributed by atoms with Gasteiger partial charge in [0.15, 0.2) is 0 Å². The fourth-order valence-corrected chi connectivity index (χ4v) is 0.964. The van der Waals surface area contributed by atoms with Crippen LogP contribution in [0.2, 0.25) is 0 Å². The minimum absolute atomic E-state index is 0. The molecule has 0 aromatic heterocycles. The lowest BCUT2D eigenvalue weighted by atomic mass is 10.1. The minimum atomic E-state index is -0.954. The van der Waals surface area contributed by atoms with E-state index >= 15 is 0 Å². The van der Waals surface area contributed by atoms with E-state index in [1.54, 1.807) is 0 Å². The summed E-state index contributed by atoms with van der Waals surface area (Å²) in [6.45, 7) is -0.979. The molecule has 0 heterocycles. The molecule has 10 heteroatoms. The third-order valence-corrected chi connectivity index (χ3v) is 2.05. The van der Waals surface area contributed by atoms with E-state index in [4.69, 9.17) is 35.7 Å². The second-order valence-electron chi connectivity index (χ2n) is 4.17. The van der Waals surface area contributed by atoms with Crippen molar-refractivity contribution in [2.75, 3.05) is 26.4 Å². The van der Waals surface area contributed by atoms with Crippen molar-refractivity contribution < 1.29 is 45.3 Å². The molecule has 0 radical (unpaired) electrons. The number of unbranched alkanes of at least 4 members (excludes halogenated alkanes) is 3. The molecule has 10 N–H and O–H groups in total. The zero-order valence-electron chi connectivity index (χ0n) is 13.3. The number of aliphatic carboxylic acids is 2. The normalized spacial score (nSPS) is 8.96. The quantitative estimate of drug-likeness (QED) is 0.225. The Morgan fingerprint density at radius 1 is 0.696 bits per heavy atom. The van der Waals surface area contributed by atoms with Gasteiger partial charge < -0.3 is 41.9 Å². The predicted molar refractivity (Wildman–Crippen MR) is 82.3 cm³/mol. The third-order valence-electron chi connectivity index (χ3n) is 2.05. The lowest BCUT2D eigenvalue weighted by molar-refractivity contribution is -0.138. The molecular weight excluding hydrogens is 314 g/mol. The fraction of sp³-hybridized carbons (Fsp3) is 0.846. The summed E-state index contributed by atoms with van der Waals surface area (Å²) in [5.74, 6) is -1.57. The zero-order chi connectivity index (χ0) is 17.8. The van der Waals surface area contributed by atoms with Crippen molar-refractivity contribution in [1.29, 1.82) is 0 Å². The molecule has 0 aliphatic rings. The summed E-state index contributed by atoms with van der Waals surface area (Å²) >= 11 is 0. The Bertz CT molecular complexity index is 228. The van der Waals surface area contributed by atoms with E-state index in [-0.39, 0.29) is 45.4 Å². The number of carboxylic acid groups (broad SMARTS) is 2. The van der Waals surface area contributed by atoms with Crippen molar-refractivity contribution >= 4 is 11.9 Å². The SMILES string of the molecule is N.O=C(O)CCCCCCC(=O)O.OCC(O)CO.OCCO. The van der Waals surface area contributed by atoms with E-state index in [0.717, 1.165) is 12.8 Å². The maximum atomic E-state index is 10.0. The van der Waals surface area contributed by atoms with Crippen molar-refractivity contribution in [3.8, 4) is 0 Å². The summed E-state index contributed by atoms with van der Waals surface area (Å²) in [5.41, 5.74) is 0. The van der Waals surface area contributed by atoms with E-state index in [2.05, 4.69) is 0 Å². The lowest BCUT2D eigenvalue weighted by Crippen LogP contribution is -2.15. The first-order chi connectivity index (χ1) is 10.3. The zero-order valence-corrected chi connectivity index (χ0v) is 13.3. The standard InChI is InChI=1S/C8H14O4.C3H8O3.C2H6O2.H3N/c9-7(10)5-3-1-2-4-6-8(11)12;4-1-3(6)2-5;3-1-2-4;/h1-6H2,(H,9,10)(H,11,12);3-6H,1-2H2;3-4H,1-2H2;1H3. The van der Waals surface area contributed by atoms with Gasteiger partial charge in [-0.25, -0.2) is 0 Å². The molecule has 0 aliphatic heterocycles. The lowest BCUT2D eigenvalue weighted by Gasteiger charge is -1.96. The van der Waals surface area contributed by atoms with Crippen molar-refractivity contribution in [2.24, 2.45) is 0 Å². The van der Waals surface area contributed by atoms with Gasteiger partial charge in [-0.3, -0.25) is 9.59 Å². The molecule has 0 atom stereocenters. The predicted octanol–water partition coefficient (Wildman–Crippen LogP) is -1.04. The molecule has 0 bridgehead atoms. The van der Waals surface area contributed by atoms with Crippen LogP contribution < -0.4 is 6.15 Å². The summed E-state index contributed by atoms with van der Waals surface area (Å²) in [7, 11) is 0. The van der Waals surface area contributed by atoms with Crippen LogP contribution in [-0.2, 0) is 9.59 Å². The molecule has 0 aromatic rings. The topological polar surface area (TPSA) is 211 Å². The van der Waals surface area contributed by atoms with Crippen molar-refractivity contribution in [1.82, 2.24) is 6.15 Å². The molecule has 0 aliphatic carbocycles. The molecule has 0 amide bonds. The molecule has 0 aromatic carbocycles. The number of hydrogen-bond acceptors (Lipinski definition) is 8. The number of hydrogen-bond donors (Lipinski definition) is 8. The molecule has 0 saturated heterocycles. The molecule has 0 spiro atoms. The molecular formula is C13H31NO9. The van der Waals surface area contributed by atoms with Crippen molar-refractivity contribution in [3.63, 3.8) is 0 Å². The second kappa shape index (κ2) is 25.6. The highest BCUT2D eigenvalue weighted by Crippen LogP contribution is 2.04. The number of carbonyl (C=O) groups is 2. The first-order valence-electron chi connectivity index (χ1n) is 6.90. The van der Waals surface area contributed by atoms with E-state index in [1.165, 1.54) is 0 Å².